The van der Waals surface area contributed by atoms with Crippen LogP contribution in [0.4, 0.5) is 0 Å². The van der Waals surface area contributed by atoms with E-state index in [4.69, 9.17) is 5.11 Å². The lowest BCUT2D eigenvalue weighted by Crippen LogP contribution is -2.38. The average Bonchev–Trinajstić information content (AvgIpc) is 2.70. The normalized spacial score (nSPS) is 28.4. The molecule has 2 aliphatic rings. The molecule has 1 saturated carbocycles. The summed E-state index contributed by atoms with van der Waals surface area (Å²) in [4.78, 5) is 13.2. The van der Waals surface area contributed by atoms with Crippen molar-refractivity contribution in [2.45, 2.75) is 44.9 Å². The van der Waals surface area contributed by atoms with Crippen molar-refractivity contribution in [3.8, 4) is 0 Å². The molecule has 1 aliphatic heterocycles. The third-order valence-electron chi connectivity index (χ3n) is 4.06. The molecule has 0 aromatic rings. The molecule has 0 radical (unpaired) electrons. The fraction of sp³-hybridized carbons (Fsp3) is 0.923. The van der Waals surface area contributed by atoms with E-state index in [2.05, 4.69) is 4.90 Å². The molecule has 0 amide bonds. The summed E-state index contributed by atoms with van der Waals surface area (Å²) in [5, 5.41) is 8.82. The molecule has 92 valence electrons. The first-order valence-electron chi connectivity index (χ1n) is 6.68. The first-order chi connectivity index (χ1) is 7.74. The molecule has 1 N–H and O–H groups in total. The summed E-state index contributed by atoms with van der Waals surface area (Å²) in [5.74, 6) is 0.656. The lowest BCUT2D eigenvalue weighted by Gasteiger charge is -2.33. The fourth-order valence-electron chi connectivity index (χ4n) is 3.29. The van der Waals surface area contributed by atoms with Gasteiger partial charge in [-0.05, 0) is 44.1 Å². The third-order valence-corrected chi connectivity index (χ3v) is 4.06. The Bertz CT molecular complexity index is 236. The van der Waals surface area contributed by atoms with Crippen molar-refractivity contribution in [2.75, 3.05) is 19.6 Å². The van der Waals surface area contributed by atoms with Gasteiger partial charge in [-0.15, -0.1) is 0 Å². The molecular weight excluding hydrogens is 202 g/mol. The van der Waals surface area contributed by atoms with E-state index in [1.165, 1.54) is 45.2 Å². The number of likely N-dealkylation sites (tertiary alicyclic amines) is 1. The Labute approximate surface area is 97.8 Å². The quantitative estimate of drug-likeness (QED) is 0.798. The molecule has 1 heterocycles. The van der Waals surface area contributed by atoms with Gasteiger partial charge in [-0.3, -0.25) is 4.79 Å². The zero-order valence-electron chi connectivity index (χ0n) is 10.0. The maximum Gasteiger partial charge on any atom is 0.303 e. The topological polar surface area (TPSA) is 40.5 Å². The zero-order chi connectivity index (χ0) is 11.4. The number of hydrogen-bond acceptors (Lipinski definition) is 2. The van der Waals surface area contributed by atoms with Crippen LogP contribution in [0.3, 0.4) is 0 Å². The van der Waals surface area contributed by atoms with Crippen molar-refractivity contribution in [1.29, 1.82) is 0 Å². The van der Waals surface area contributed by atoms with Crippen LogP contribution in [0.15, 0.2) is 0 Å². The molecule has 2 rings (SSSR count). The monoisotopic (exact) mass is 225 g/mol. The molecule has 0 aromatic heterocycles. The molecule has 3 nitrogen and oxygen atoms in total. The van der Waals surface area contributed by atoms with Crippen LogP contribution in [0.1, 0.15) is 44.9 Å². The maximum absolute atomic E-state index is 10.7. The highest BCUT2D eigenvalue weighted by Crippen LogP contribution is 2.27. The highest BCUT2D eigenvalue weighted by atomic mass is 16.4. The Morgan fingerprint density at radius 1 is 1.12 bits per heavy atom. The fourth-order valence-corrected chi connectivity index (χ4v) is 3.29. The zero-order valence-corrected chi connectivity index (χ0v) is 10.0. The van der Waals surface area contributed by atoms with E-state index in [9.17, 15) is 4.79 Å². The van der Waals surface area contributed by atoms with Crippen molar-refractivity contribution in [2.24, 2.45) is 11.8 Å². The standard InChI is InChI=1S/C13H23NO2/c15-13(16)8-12-6-3-7-14(10-12)9-11-4-1-2-5-11/h11-12H,1-10H2,(H,15,16). The van der Waals surface area contributed by atoms with Gasteiger partial charge in [0, 0.05) is 19.5 Å². The van der Waals surface area contributed by atoms with Crippen molar-refractivity contribution in [1.82, 2.24) is 4.90 Å². The smallest absolute Gasteiger partial charge is 0.303 e. The van der Waals surface area contributed by atoms with E-state index in [0.717, 1.165) is 18.9 Å². The molecule has 0 aromatic carbocycles. The number of hydrogen-bond donors (Lipinski definition) is 1. The van der Waals surface area contributed by atoms with Gasteiger partial charge in [-0.2, -0.15) is 0 Å². The molecule has 2 fully saturated rings. The van der Waals surface area contributed by atoms with Crippen molar-refractivity contribution < 1.29 is 9.90 Å². The molecule has 0 spiro atoms. The molecule has 16 heavy (non-hydrogen) atoms. The second kappa shape index (κ2) is 5.67. The average molecular weight is 225 g/mol. The van der Waals surface area contributed by atoms with Crippen LogP contribution in [-0.2, 0) is 4.79 Å². The Kier molecular flexibility index (Phi) is 4.22. The molecule has 1 saturated heterocycles. The van der Waals surface area contributed by atoms with E-state index in [1.807, 2.05) is 0 Å². The van der Waals surface area contributed by atoms with Gasteiger partial charge < -0.3 is 10.0 Å². The molecule has 1 unspecified atom stereocenters. The number of rotatable bonds is 4. The van der Waals surface area contributed by atoms with Crippen LogP contribution in [0.2, 0.25) is 0 Å². The molecular formula is C13H23NO2. The Morgan fingerprint density at radius 2 is 1.81 bits per heavy atom. The largest absolute Gasteiger partial charge is 0.481 e. The van der Waals surface area contributed by atoms with Gasteiger partial charge in [-0.1, -0.05) is 12.8 Å². The number of piperidine rings is 1. The van der Waals surface area contributed by atoms with Crippen LogP contribution in [0.5, 0.6) is 0 Å². The van der Waals surface area contributed by atoms with E-state index in [-0.39, 0.29) is 0 Å². The van der Waals surface area contributed by atoms with Crippen molar-refractivity contribution >= 4 is 5.97 Å². The van der Waals surface area contributed by atoms with E-state index in [1.54, 1.807) is 0 Å². The van der Waals surface area contributed by atoms with Gasteiger partial charge >= 0.3 is 5.97 Å². The number of aliphatic carboxylic acids is 1. The second-order valence-electron chi connectivity index (χ2n) is 5.52. The summed E-state index contributed by atoms with van der Waals surface area (Å²) in [6, 6.07) is 0. The third kappa shape index (κ3) is 3.48. The van der Waals surface area contributed by atoms with Gasteiger partial charge in [-0.25, -0.2) is 0 Å². The minimum absolute atomic E-state index is 0.362. The van der Waals surface area contributed by atoms with Crippen molar-refractivity contribution in [3.05, 3.63) is 0 Å². The van der Waals surface area contributed by atoms with Crippen LogP contribution in [0, 0.1) is 11.8 Å². The van der Waals surface area contributed by atoms with Crippen LogP contribution >= 0.6 is 0 Å². The Hall–Kier alpha value is -0.570. The van der Waals surface area contributed by atoms with Gasteiger partial charge in [0.2, 0.25) is 0 Å². The Morgan fingerprint density at radius 3 is 2.50 bits per heavy atom. The SMILES string of the molecule is O=C(O)CC1CCCN(CC2CCCC2)C1. The predicted molar refractivity (Wildman–Crippen MR) is 63.4 cm³/mol. The van der Waals surface area contributed by atoms with E-state index in [0.29, 0.717) is 12.3 Å². The summed E-state index contributed by atoms with van der Waals surface area (Å²) in [6.07, 6.45) is 8.23. The summed E-state index contributed by atoms with van der Waals surface area (Å²) >= 11 is 0. The second-order valence-corrected chi connectivity index (χ2v) is 5.52. The predicted octanol–water partition coefficient (Wildman–Crippen LogP) is 2.36. The van der Waals surface area contributed by atoms with Gasteiger partial charge in [0.05, 0.1) is 0 Å². The van der Waals surface area contributed by atoms with Crippen LogP contribution < -0.4 is 0 Å². The first kappa shape index (κ1) is 11.9. The minimum atomic E-state index is -0.632. The number of nitrogens with zero attached hydrogens (tertiary/aromatic N) is 1. The summed E-state index contributed by atoms with van der Waals surface area (Å²) in [5.41, 5.74) is 0. The molecule has 0 bridgehead atoms. The first-order valence-corrected chi connectivity index (χ1v) is 6.68. The van der Waals surface area contributed by atoms with Crippen molar-refractivity contribution in [3.63, 3.8) is 0 Å². The number of carboxylic acids is 1. The summed E-state index contributed by atoms with van der Waals surface area (Å²) < 4.78 is 0. The van der Waals surface area contributed by atoms with E-state index < -0.39 is 5.97 Å². The molecule has 3 heteroatoms. The number of carboxylic acid groups (broad SMARTS) is 1. The molecule has 1 aliphatic carbocycles. The van der Waals surface area contributed by atoms with Gasteiger partial charge in [0.15, 0.2) is 0 Å². The highest BCUT2D eigenvalue weighted by molar-refractivity contribution is 5.67. The van der Waals surface area contributed by atoms with Crippen LogP contribution in [0.25, 0.3) is 0 Å². The lowest BCUT2D eigenvalue weighted by molar-refractivity contribution is -0.138. The molecule has 1 atom stereocenters. The minimum Gasteiger partial charge on any atom is -0.481 e. The summed E-state index contributed by atoms with van der Waals surface area (Å²) in [6.45, 7) is 3.42. The van der Waals surface area contributed by atoms with Gasteiger partial charge in [0.1, 0.15) is 0 Å². The maximum atomic E-state index is 10.7. The van der Waals surface area contributed by atoms with Gasteiger partial charge in [0.25, 0.3) is 0 Å². The highest BCUT2D eigenvalue weighted by Gasteiger charge is 2.25. The number of carbonyl (C=O) groups is 1. The van der Waals surface area contributed by atoms with Crippen LogP contribution in [-0.4, -0.2) is 35.6 Å². The lowest BCUT2D eigenvalue weighted by atomic mass is 9.94. The Balaban J connectivity index is 1.74. The van der Waals surface area contributed by atoms with E-state index >= 15 is 0 Å². The summed E-state index contributed by atoms with van der Waals surface area (Å²) in [7, 11) is 0.